The summed E-state index contributed by atoms with van der Waals surface area (Å²) < 4.78 is 36.5. The molecule has 0 atom stereocenters. The Morgan fingerprint density at radius 1 is 1.12 bits per heavy atom. The van der Waals surface area contributed by atoms with E-state index < -0.39 is 12.2 Å². The third-order valence-electron chi connectivity index (χ3n) is 4.56. The standard InChI is InChI=1S/C23H17F2N3O3S/c1-13-4-6-17(14(2)8-13)28-21(29)20(32-22(28)16(11-26)12-27)10-15-5-7-18(31-23(24)25)19(9-15)30-3/h4-10,23H,1-3H3/b20-10-. The van der Waals surface area contributed by atoms with E-state index in [1.165, 1.54) is 36.0 Å². The van der Waals surface area contributed by atoms with Gasteiger partial charge in [0.1, 0.15) is 16.8 Å². The molecule has 0 saturated heterocycles. The minimum absolute atomic E-state index is 0.0758. The van der Waals surface area contributed by atoms with Crippen LogP contribution in [0.15, 0.2) is 41.2 Å². The van der Waals surface area contributed by atoms with E-state index in [-0.39, 0.29) is 26.3 Å². The van der Waals surface area contributed by atoms with E-state index in [1.54, 1.807) is 6.07 Å². The highest BCUT2D eigenvalue weighted by molar-refractivity contribution is 7.07. The van der Waals surface area contributed by atoms with Crippen molar-refractivity contribution in [3.8, 4) is 29.3 Å². The molecular weight excluding hydrogens is 436 g/mol. The lowest BCUT2D eigenvalue weighted by Crippen LogP contribution is -2.31. The van der Waals surface area contributed by atoms with Crippen LogP contribution < -0.4 is 24.2 Å². The first kappa shape index (κ1) is 22.7. The summed E-state index contributed by atoms with van der Waals surface area (Å²) in [4.78, 5) is 13.3. The monoisotopic (exact) mass is 453 g/mol. The molecule has 0 radical (unpaired) electrons. The fourth-order valence-corrected chi connectivity index (χ4v) is 4.21. The molecule has 0 aliphatic heterocycles. The van der Waals surface area contributed by atoms with Crippen molar-refractivity contribution < 1.29 is 18.3 Å². The molecule has 1 aromatic heterocycles. The SMILES string of the molecule is COc1cc(/C=c2\sc(=C(C#N)C#N)n(-c3ccc(C)cc3C)c2=O)ccc1OC(F)F. The van der Waals surface area contributed by atoms with Crippen LogP contribution in [0.3, 0.4) is 0 Å². The molecule has 9 heteroatoms. The number of aromatic nitrogens is 1. The van der Waals surface area contributed by atoms with Crippen molar-refractivity contribution >= 4 is 23.0 Å². The Kier molecular flexibility index (Phi) is 6.72. The largest absolute Gasteiger partial charge is 0.493 e. The van der Waals surface area contributed by atoms with Gasteiger partial charge in [-0.15, -0.1) is 11.3 Å². The number of thiazole rings is 1. The maximum atomic E-state index is 13.3. The highest BCUT2D eigenvalue weighted by Crippen LogP contribution is 2.29. The number of methoxy groups -OCH3 is 1. The van der Waals surface area contributed by atoms with E-state index in [2.05, 4.69) is 4.74 Å². The number of nitriles is 2. The van der Waals surface area contributed by atoms with Crippen LogP contribution in [0.5, 0.6) is 11.5 Å². The van der Waals surface area contributed by atoms with Gasteiger partial charge in [-0.2, -0.15) is 19.3 Å². The van der Waals surface area contributed by atoms with Crippen molar-refractivity contribution in [1.82, 2.24) is 4.57 Å². The lowest BCUT2D eigenvalue weighted by Gasteiger charge is -2.10. The summed E-state index contributed by atoms with van der Waals surface area (Å²) in [6, 6.07) is 13.5. The number of alkyl halides is 2. The lowest BCUT2D eigenvalue weighted by molar-refractivity contribution is -0.0512. The first-order valence-electron chi connectivity index (χ1n) is 9.27. The van der Waals surface area contributed by atoms with Gasteiger partial charge in [0.25, 0.3) is 5.56 Å². The second-order valence-electron chi connectivity index (χ2n) is 6.73. The number of aryl methyl sites for hydroxylation is 2. The van der Waals surface area contributed by atoms with Gasteiger partial charge < -0.3 is 9.47 Å². The second kappa shape index (κ2) is 9.46. The van der Waals surface area contributed by atoms with Gasteiger partial charge in [0, 0.05) is 0 Å². The molecule has 3 rings (SSSR count). The molecule has 0 saturated carbocycles. The number of hydrogen-bond donors (Lipinski definition) is 0. The van der Waals surface area contributed by atoms with Crippen molar-refractivity contribution in [2.75, 3.05) is 7.11 Å². The topological polar surface area (TPSA) is 88.0 Å². The number of hydrogen-bond acceptors (Lipinski definition) is 6. The van der Waals surface area contributed by atoms with Gasteiger partial charge in [0.05, 0.1) is 17.3 Å². The van der Waals surface area contributed by atoms with Gasteiger partial charge in [-0.1, -0.05) is 23.8 Å². The molecule has 162 valence electrons. The Morgan fingerprint density at radius 2 is 1.84 bits per heavy atom. The summed E-state index contributed by atoms with van der Waals surface area (Å²) in [6.45, 7) is 0.754. The van der Waals surface area contributed by atoms with Gasteiger partial charge in [-0.05, 0) is 49.2 Å². The number of rotatable bonds is 5. The zero-order valence-corrected chi connectivity index (χ0v) is 18.2. The molecule has 0 bridgehead atoms. The third-order valence-corrected chi connectivity index (χ3v) is 5.65. The number of benzene rings is 2. The molecule has 0 aliphatic rings. The minimum Gasteiger partial charge on any atom is -0.493 e. The quantitative estimate of drug-likeness (QED) is 0.592. The minimum atomic E-state index is -3.01. The van der Waals surface area contributed by atoms with Crippen LogP contribution in [0, 0.1) is 36.5 Å². The summed E-state index contributed by atoms with van der Waals surface area (Å²) in [5, 5.41) is 18.8. The van der Waals surface area contributed by atoms with E-state index in [9.17, 15) is 24.1 Å². The first-order valence-corrected chi connectivity index (χ1v) is 10.1. The Morgan fingerprint density at radius 3 is 2.44 bits per heavy atom. The Hall–Kier alpha value is -3.95. The molecule has 0 aliphatic carbocycles. The number of halogens is 2. The smallest absolute Gasteiger partial charge is 0.387 e. The van der Waals surface area contributed by atoms with Crippen molar-refractivity contribution in [2.24, 2.45) is 0 Å². The number of ether oxygens (including phenoxy) is 2. The molecule has 3 aromatic rings. The highest BCUT2D eigenvalue weighted by Gasteiger charge is 2.14. The van der Waals surface area contributed by atoms with Gasteiger partial charge >= 0.3 is 6.61 Å². The van der Waals surface area contributed by atoms with Crippen molar-refractivity contribution in [3.63, 3.8) is 0 Å². The van der Waals surface area contributed by atoms with Gasteiger partial charge in [-0.25, -0.2) is 0 Å². The molecule has 0 fully saturated rings. The summed E-state index contributed by atoms with van der Waals surface area (Å²) >= 11 is 0.995. The average Bonchev–Trinajstić information content (AvgIpc) is 3.05. The zero-order valence-electron chi connectivity index (χ0n) is 17.3. The van der Waals surface area contributed by atoms with E-state index in [4.69, 9.17) is 4.74 Å². The molecule has 2 aromatic carbocycles. The van der Waals surface area contributed by atoms with Crippen LogP contribution >= 0.6 is 11.3 Å². The van der Waals surface area contributed by atoms with E-state index in [1.807, 2.05) is 38.1 Å². The molecule has 0 spiro atoms. The van der Waals surface area contributed by atoms with E-state index >= 15 is 0 Å². The Balaban J connectivity index is 2.30. The normalized spacial score (nSPS) is 11.2. The van der Waals surface area contributed by atoms with Crippen LogP contribution in [0.4, 0.5) is 8.78 Å². The summed E-state index contributed by atoms with van der Waals surface area (Å²) in [7, 11) is 1.31. The summed E-state index contributed by atoms with van der Waals surface area (Å²) in [6.07, 6.45) is 1.54. The zero-order chi connectivity index (χ0) is 23.4. The van der Waals surface area contributed by atoms with E-state index in [0.717, 1.165) is 22.5 Å². The van der Waals surface area contributed by atoms with Gasteiger partial charge in [0.15, 0.2) is 17.1 Å². The van der Waals surface area contributed by atoms with Crippen LogP contribution in [0.1, 0.15) is 16.7 Å². The van der Waals surface area contributed by atoms with Crippen LogP contribution in [-0.4, -0.2) is 18.3 Å². The van der Waals surface area contributed by atoms with Crippen molar-refractivity contribution in [3.05, 3.63) is 72.6 Å². The maximum Gasteiger partial charge on any atom is 0.387 e. The summed E-state index contributed by atoms with van der Waals surface area (Å²) in [5.41, 5.74) is 2.27. The van der Waals surface area contributed by atoms with Crippen molar-refractivity contribution in [1.29, 1.82) is 10.5 Å². The lowest BCUT2D eigenvalue weighted by atomic mass is 10.1. The molecule has 6 nitrogen and oxygen atoms in total. The molecular formula is C23H17F2N3O3S. The fourth-order valence-electron chi connectivity index (χ4n) is 3.16. The third kappa shape index (κ3) is 4.53. The molecule has 0 unspecified atom stereocenters. The van der Waals surface area contributed by atoms with Gasteiger partial charge in [-0.3, -0.25) is 9.36 Å². The number of nitrogens with zero attached hydrogens (tertiary/aromatic N) is 3. The molecule has 0 amide bonds. The second-order valence-corrected chi connectivity index (χ2v) is 7.76. The maximum absolute atomic E-state index is 13.3. The molecule has 32 heavy (non-hydrogen) atoms. The molecule has 1 heterocycles. The Bertz CT molecular complexity index is 1430. The first-order chi connectivity index (χ1) is 15.3. The highest BCUT2D eigenvalue weighted by atomic mass is 32.1. The predicted octanol–water partition coefficient (Wildman–Crippen LogP) is 3.15. The van der Waals surface area contributed by atoms with Crippen LogP contribution in [0.2, 0.25) is 0 Å². The molecule has 0 N–H and O–H groups in total. The average molecular weight is 453 g/mol. The van der Waals surface area contributed by atoms with Crippen LogP contribution in [0.25, 0.3) is 17.3 Å². The van der Waals surface area contributed by atoms with Gasteiger partial charge in [0.2, 0.25) is 0 Å². The van der Waals surface area contributed by atoms with Crippen molar-refractivity contribution in [2.45, 2.75) is 20.5 Å². The summed E-state index contributed by atoms with van der Waals surface area (Å²) in [5.74, 6) is -0.0596. The van der Waals surface area contributed by atoms with Crippen LogP contribution in [-0.2, 0) is 0 Å². The predicted molar refractivity (Wildman–Crippen MR) is 116 cm³/mol. The Labute approximate surface area is 186 Å². The van der Waals surface area contributed by atoms with E-state index in [0.29, 0.717) is 11.3 Å². The fraction of sp³-hybridized carbons (Fsp3) is 0.174.